The van der Waals surface area contributed by atoms with E-state index in [0.29, 0.717) is 5.92 Å². The van der Waals surface area contributed by atoms with Gasteiger partial charge in [0.05, 0.1) is 13.2 Å². The lowest BCUT2D eigenvalue weighted by Crippen LogP contribution is -2.42. The first-order chi connectivity index (χ1) is 7.61. The molecule has 0 aromatic heterocycles. The highest BCUT2D eigenvalue weighted by Crippen LogP contribution is 2.34. The average molecular weight is 226 g/mol. The Bertz CT molecular complexity index is 232. The number of carbonyl (C=O) groups excluding carboxylic acids is 1. The predicted molar refractivity (Wildman–Crippen MR) is 61.0 cm³/mol. The quantitative estimate of drug-likeness (QED) is 0.678. The molecule has 2 aliphatic rings. The van der Waals surface area contributed by atoms with Crippen LogP contribution in [0.4, 0.5) is 0 Å². The van der Waals surface area contributed by atoms with Gasteiger partial charge in [0.1, 0.15) is 6.29 Å². The minimum atomic E-state index is -0.0272. The Kier molecular flexibility index (Phi) is 3.65. The SMILES string of the molecule is CC1(C)COC(C2CCC(C=O)CC2)OC1. The molecule has 0 unspecified atom stereocenters. The first-order valence-electron chi connectivity index (χ1n) is 6.29. The molecule has 2 rings (SSSR count). The van der Waals surface area contributed by atoms with Crippen molar-refractivity contribution in [2.24, 2.45) is 17.3 Å². The van der Waals surface area contributed by atoms with Gasteiger partial charge in [-0.2, -0.15) is 0 Å². The van der Waals surface area contributed by atoms with E-state index in [-0.39, 0.29) is 17.6 Å². The van der Waals surface area contributed by atoms with Gasteiger partial charge in [0, 0.05) is 17.3 Å². The Morgan fingerprint density at radius 2 is 1.62 bits per heavy atom. The molecule has 1 aliphatic carbocycles. The maximum Gasteiger partial charge on any atom is 0.160 e. The topological polar surface area (TPSA) is 35.5 Å². The van der Waals surface area contributed by atoms with Crippen LogP contribution in [0.1, 0.15) is 39.5 Å². The second kappa shape index (κ2) is 4.84. The lowest BCUT2D eigenvalue weighted by molar-refractivity contribution is -0.247. The van der Waals surface area contributed by atoms with Gasteiger partial charge >= 0.3 is 0 Å². The normalized spacial score (nSPS) is 35.9. The molecule has 0 amide bonds. The van der Waals surface area contributed by atoms with Gasteiger partial charge in [-0.15, -0.1) is 0 Å². The minimum Gasteiger partial charge on any atom is -0.352 e. The standard InChI is InChI=1S/C13H22O3/c1-13(2)8-15-12(16-9-13)11-5-3-10(7-14)4-6-11/h7,10-12H,3-6,8-9H2,1-2H3. The fourth-order valence-corrected chi connectivity index (χ4v) is 2.53. The monoisotopic (exact) mass is 226 g/mol. The van der Waals surface area contributed by atoms with E-state index in [9.17, 15) is 4.79 Å². The summed E-state index contributed by atoms with van der Waals surface area (Å²) in [6, 6.07) is 0. The highest BCUT2D eigenvalue weighted by molar-refractivity contribution is 5.53. The van der Waals surface area contributed by atoms with Gasteiger partial charge in [-0.3, -0.25) is 0 Å². The summed E-state index contributed by atoms with van der Waals surface area (Å²) >= 11 is 0. The zero-order valence-electron chi connectivity index (χ0n) is 10.3. The van der Waals surface area contributed by atoms with Crippen LogP contribution in [0.15, 0.2) is 0 Å². The molecule has 3 heteroatoms. The highest BCUT2D eigenvalue weighted by atomic mass is 16.7. The minimum absolute atomic E-state index is 0.0272. The van der Waals surface area contributed by atoms with Gasteiger partial charge in [0.15, 0.2) is 6.29 Å². The average Bonchev–Trinajstić information content (AvgIpc) is 2.29. The predicted octanol–water partition coefficient (Wildman–Crippen LogP) is 2.39. The van der Waals surface area contributed by atoms with Crippen molar-refractivity contribution in [3.8, 4) is 0 Å². The summed E-state index contributed by atoms with van der Waals surface area (Å²) in [4.78, 5) is 10.7. The number of carbonyl (C=O) groups is 1. The van der Waals surface area contributed by atoms with Crippen LogP contribution in [-0.2, 0) is 14.3 Å². The molecular weight excluding hydrogens is 204 g/mol. The molecule has 16 heavy (non-hydrogen) atoms. The molecular formula is C13H22O3. The molecule has 0 aromatic rings. The second-order valence-corrected chi connectivity index (χ2v) is 5.97. The van der Waals surface area contributed by atoms with Crippen LogP contribution in [0.3, 0.4) is 0 Å². The van der Waals surface area contributed by atoms with E-state index < -0.39 is 0 Å². The van der Waals surface area contributed by atoms with Gasteiger partial charge in [-0.1, -0.05) is 13.8 Å². The van der Waals surface area contributed by atoms with E-state index in [1.54, 1.807) is 0 Å². The number of hydrogen-bond acceptors (Lipinski definition) is 3. The summed E-state index contributed by atoms with van der Waals surface area (Å²) < 4.78 is 11.6. The largest absolute Gasteiger partial charge is 0.352 e. The smallest absolute Gasteiger partial charge is 0.160 e. The molecule has 0 spiro atoms. The van der Waals surface area contributed by atoms with Gasteiger partial charge in [-0.05, 0) is 25.7 Å². The van der Waals surface area contributed by atoms with Crippen molar-refractivity contribution in [3.05, 3.63) is 0 Å². The van der Waals surface area contributed by atoms with Gasteiger partial charge in [0.2, 0.25) is 0 Å². The van der Waals surface area contributed by atoms with E-state index >= 15 is 0 Å². The fraction of sp³-hybridized carbons (Fsp3) is 0.923. The fourth-order valence-electron chi connectivity index (χ4n) is 2.53. The van der Waals surface area contributed by atoms with Crippen LogP contribution in [-0.4, -0.2) is 25.8 Å². The van der Waals surface area contributed by atoms with E-state index in [0.717, 1.165) is 45.2 Å². The molecule has 0 N–H and O–H groups in total. The van der Waals surface area contributed by atoms with E-state index in [2.05, 4.69) is 13.8 Å². The first kappa shape index (κ1) is 12.1. The Labute approximate surface area is 97.5 Å². The highest BCUT2D eigenvalue weighted by Gasteiger charge is 2.34. The summed E-state index contributed by atoms with van der Waals surface area (Å²) in [6.07, 6.45) is 5.20. The van der Waals surface area contributed by atoms with Crippen molar-refractivity contribution in [1.29, 1.82) is 0 Å². The van der Waals surface area contributed by atoms with Gasteiger partial charge < -0.3 is 14.3 Å². The number of ether oxygens (including phenoxy) is 2. The van der Waals surface area contributed by atoms with Crippen molar-refractivity contribution >= 4 is 6.29 Å². The van der Waals surface area contributed by atoms with E-state index in [1.165, 1.54) is 0 Å². The first-order valence-corrected chi connectivity index (χ1v) is 6.29. The number of aldehydes is 1. The Morgan fingerprint density at radius 3 is 2.12 bits per heavy atom. The number of hydrogen-bond donors (Lipinski definition) is 0. The Hall–Kier alpha value is -0.410. The summed E-state index contributed by atoms with van der Waals surface area (Å²) in [6.45, 7) is 5.88. The molecule has 1 aliphatic heterocycles. The van der Waals surface area contributed by atoms with Crippen LogP contribution in [0.2, 0.25) is 0 Å². The lowest BCUT2D eigenvalue weighted by atomic mass is 9.82. The third-order valence-electron chi connectivity index (χ3n) is 3.67. The Balaban J connectivity index is 1.80. The molecule has 1 saturated heterocycles. The van der Waals surface area contributed by atoms with Crippen molar-refractivity contribution in [1.82, 2.24) is 0 Å². The molecule has 1 saturated carbocycles. The van der Waals surface area contributed by atoms with Crippen molar-refractivity contribution < 1.29 is 14.3 Å². The molecule has 0 bridgehead atoms. The maximum atomic E-state index is 10.7. The van der Waals surface area contributed by atoms with Gasteiger partial charge in [0.25, 0.3) is 0 Å². The van der Waals surface area contributed by atoms with Crippen molar-refractivity contribution in [2.45, 2.75) is 45.8 Å². The van der Waals surface area contributed by atoms with Crippen LogP contribution in [0, 0.1) is 17.3 Å². The third-order valence-corrected chi connectivity index (χ3v) is 3.67. The van der Waals surface area contributed by atoms with Crippen molar-refractivity contribution in [2.75, 3.05) is 13.2 Å². The van der Waals surface area contributed by atoms with E-state index in [1.807, 2.05) is 0 Å². The van der Waals surface area contributed by atoms with Crippen molar-refractivity contribution in [3.63, 3.8) is 0 Å². The zero-order valence-corrected chi connectivity index (χ0v) is 10.3. The molecule has 0 aromatic carbocycles. The summed E-state index contributed by atoms with van der Waals surface area (Å²) in [7, 11) is 0. The second-order valence-electron chi connectivity index (χ2n) is 5.97. The molecule has 92 valence electrons. The molecule has 2 fully saturated rings. The Morgan fingerprint density at radius 1 is 1.06 bits per heavy atom. The number of rotatable bonds is 2. The third kappa shape index (κ3) is 2.83. The van der Waals surface area contributed by atoms with E-state index in [4.69, 9.17) is 9.47 Å². The van der Waals surface area contributed by atoms with Crippen LogP contribution >= 0.6 is 0 Å². The summed E-state index contributed by atoms with van der Waals surface area (Å²) in [5.74, 6) is 0.767. The summed E-state index contributed by atoms with van der Waals surface area (Å²) in [5.41, 5.74) is 0.149. The lowest BCUT2D eigenvalue weighted by Gasteiger charge is -2.39. The summed E-state index contributed by atoms with van der Waals surface area (Å²) in [5, 5.41) is 0. The molecule has 0 atom stereocenters. The molecule has 1 heterocycles. The molecule has 3 nitrogen and oxygen atoms in total. The van der Waals surface area contributed by atoms with Crippen LogP contribution in [0.5, 0.6) is 0 Å². The van der Waals surface area contributed by atoms with Crippen LogP contribution < -0.4 is 0 Å². The maximum absolute atomic E-state index is 10.7. The van der Waals surface area contributed by atoms with Crippen LogP contribution in [0.25, 0.3) is 0 Å². The zero-order chi connectivity index (χ0) is 11.6. The molecule has 0 radical (unpaired) electrons. The van der Waals surface area contributed by atoms with Gasteiger partial charge in [-0.25, -0.2) is 0 Å².